The largest absolute Gasteiger partial charge is 0.472 e. The molecule has 3 unspecified atom stereocenters. The zero-order chi connectivity index (χ0) is 59.8. The first-order valence-corrected chi connectivity index (χ1v) is 37.1. The number of allylic oxidation sites excluding steroid dienone is 10. The number of carbonyl (C=O) groups is 1. The number of likely N-dealkylation sites (N-methyl/N-ethyl adjacent to an activating group) is 1. The highest BCUT2D eigenvalue weighted by Crippen LogP contribution is 2.43. The lowest BCUT2D eigenvalue weighted by Gasteiger charge is -2.26. The lowest BCUT2D eigenvalue weighted by atomic mass is 10.0. The maximum Gasteiger partial charge on any atom is 0.472 e. The number of hydrogen-bond donors (Lipinski definition) is 3. The van der Waals surface area contributed by atoms with Crippen molar-refractivity contribution >= 4 is 13.7 Å². The Balaban J connectivity index is 3.96. The van der Waals surface area contributed by atoms with Gasteiger partial charge in [-0.1, -0.05) is 344 Å². The van der Waals surface area contributed by atoms with Crippen LogP contribution in [0.25, 0.3) is 0 Å². The number of phosphoric acid groups is 1. The number of aliphatic hydroxyl groups excluding tert-OH is 1. The molecule has 8 nitrogen and oxygen atoms in total. The Morgan fingerprint density at radius 2 is 0.732 bits per heavy atom. The second-order valence-electron chi connectivity index (χ2n) is 25.6. The van der Waals surface area contributed by atoms with E-state index in [1.807, 2.05) is 21.1 Å². The molecule has 0 bridgehead atoms. The van der Waals surface area contributed by atoms with E-state index >= 15 is 0 Å². The van der Waals surface area contributed by atoms with Gasteiger partial charge in [0.2, 0.25) is 5.91 Å². The molecule has 0 aliphatic rings. The minimum Gasteiger partial charge on any atom is -0.391 e. The molecule has 0 aromatic carbocycles. The number of carbonyl (C=O) groups excluding carboxylic acids is 1. The van der Waals surface area contributed by atoms with Crippen molar-refractivity contribution in [2.24, 2.45) is 0 Å². The number of nitrogens with one attached hydrogen (secondary N) is 1. The third-order valence-corrected chi connectivity index (χ3v) is 17.3. The highest BCUT2D eigenvalue weighted by atomic mass is 31.2. The Hall–Kier alpha value is -1.80. The third kappa shape index (κ3) is 65.7. The van der Waals surface area contributed by atoms with E-state index < -0.39 is 20.0 Å². The number of nitrogens with zero attached hydrogens (tertiary/aromatic N) is 1. The molecule has 3 atom stereocenters. The van der Waals surface area contributed by atoms with Crippen LogP contribution in [0.15, 0.2) is 60.8 Å². The van der Waals surface area contributed by atoms with E-state index in [1.165, 1.54) is 250 Å². The van der Waals surface area contributed by atoms with Crippen LogP contribution in [-0.4, -0.2) is 73.4 Å². The highest BCUT2D eigenvalue weighted by Gasteiger charge is 2.28. The lowest BCUT2D eigenvalue weighted by molar-refractivity contribution is -0.870. The summed E-state index contributed by atoms with van der Waals surface area (Å²) in [4.78, 5) is 23.5. The van der Waals surface area contributed by atoms with Gasteiger partial charge < -0.3 is 19.8 Å². The van der Waals surface area contributed by atoms with E-state index in [-0.39, 0.29) is 19.1 Å². The van der Waals surface area contributed by atoms with Gasteiger partial charge >= 0.3 is 7.82 Å². The van der Waals surface area contributed by atoms with Crippen LogP contribution in [-0.2, 0) is 18.4 Å². The van der Waals surface area contributed by atoms with Crippen LogP contribution >= 0.6 is 7.82 Å². The van der Waals surface area contributed by atoms with E-state index in [4.69, 9.17) is 9.05 Å². The molecule has 0 spiro atoms. The van der Waals surface area contributed by atoms with Crippen LogP contribution in [0.1, 0.15) is 348 Å². The Labute approximate surface area is 511 Å². The summed E-state index contributed by atoms with van der Waals surface area (Å²) in [6.45, 7) is 4.82. The fourth-order valence-corrected chi connectivity index (χ4v) is 11.5. The van der Waals surface area contributed by atoms with Crippen LogP contribution in [0.3, 0.4) is 0 Å². The molecule has 82 heavy (non-hydrogen) atoms. The number of quaternary nitrogens is 1. The number of hydrogen-bond acceptors (Lipinski definition) is 5. The lowest BCUT2D eigenvalue weighted by Crippen LogP contribution is -2.46. The maximum absolute atomic E-state index is 13.1. The third-order valence-electron chi connectivity index (χ3n) is 16.3. The second-order valence-corrected chi connectivity index (χ2v) is 27.0. The van der Waals surface area contributed by atoms with E-state index in [1.54, 1.807) is 0 Å². The number of amides is 1. The summed E-state index contributed by atoms with van der Waals surface area (Å²) in [5, 5.41) is 14.2. The van der Waals surface area contributed by atoms with E-state index in [0.29, 0.717) is 23.9 Å². The van der Waals surface area contributed by atoms with Crippen LogP contribution in [0.5, 0.6) is 0 Å². The first-order valence-electron chi connectivity index (χ1n) is 35.7. The van der Waals surface area contributed by atoms with E-state index in [2.05, 4.69) is 79.9 Å². The Morgan fingerprint density at radius 1 is 0.427 bits per heavy atom. The molecule has 0 saturated heterocycles. The summed E-state index contributed by atoms with van der Waals surface area (Å²) in [5.41, 5.74) is 0. The van der Waals surface area contributed by atoms with Crippen molar-refractivity contribution in [1.82, 2.24) is 5.32 Å². The minimum absolute atomic E-state index is 0.0760. The van der Waals surface area contributed by atoms with Gasteiger partial charge in [0.15, 0.2) is 0 Å². The Bertz CT molecular complexity index is 1520. The van der Waals surface area contributed by atoms with Gasteiger partial charge in [-0.25, -0.2) is 4.57 Å². The van der Waals surface area contributed by atoms with Crippen LogP contribution < -0.4 is 5.32 Å². The number of aliphatic hydroxyl groups is 1. The molecule has 0 radical (unpaired) electrons. The van der Waals surface area contributed by atoms with Gasteiger partial charge in [0.25, 0.3) is 0 Å². The summed E-state index contributed by atoms with van der Waals surface area (Å²) in [6.07, 6.45) is 87.6. The smallest absolute Gasteiger partial charge is 0.391 e. The molecule has 0 rings (SSSR count). The SMILES string of the molecule is CC/C=C\C/C=C\C/C=C\C/C=C\C/C=C\CCCCCCCCCCCCCCCCCCCCCCCC(=O)NC(COP(=O)(O)OCC[N+](C)(C)C)C(O)CCCCCCCCCCCCCCCCCCCCCCCCC. The molecular weight excluding hydrogens is 1030 g/mol. The Kier molecular flexibility index (Phi) is 62.3. The summed E-state index contributed by atoms with van der Waals surface area (Å²) < 4.78 is 23.9. The molecule has 0 saturated carbocycles. The normalized spacial score (nSPS) is 14.0. The molecule has 1 amide bonds. The standard InChI is InChI=1S/C73H139N2O6P/c1-6-8-10-12-14-16-18-20-22-24-26-28-30-31-32-33-34-35-36-37-38-39-40-41-42-43-45-47-49-51-53-55-57-59-61-63-65-67-73(77)74-71(70-81-82(78,79)80-69-68-75(3,4)5)72(76)66-64-62-60-58-56-54-52-50-48-46-44-29-27-25-23-21-19-17-15-13-11-9-7-2/h8,10,14,16,20,22,26,28,31-32,71-72,76H,6-7,9,11-13,15,17-19,21,23-25,27,29-30,33-70H2,1-5H3,(H-,74,77,78,79)/p+1/b10-8-,16-14-,22-20-,28-26-,32-31-. The molecule has 0 heterocycles. The Morgan fingerprint density at radius 3 is 1.07 bits per heavy atom. The fraction of sp³-hybridized carbons (Fsp3) is 0.849. The van der Waals surface area contributed by atoms with Crippen LogP contribution in [0, 0.1) is 0 Å². The summed E-state index contributed by atoms with van der Waals surface area (Å²) >= 11 is 0. The van der Waals surface area contributed by atoms with E-state index in [9.17, 15) is 19.4 Å². The van der Waals surface area contributed by atoms with Gasteiger partial charge in [-0.2, -0.15) is 0 Å². The van der Waals surface area contributed by atoms with Crippen molar-refractivity contribution in [3.63, 3.8) is 0 Å². The predicted molar refractivity (Wildman–Crippen MR) is 360 cm³/mol. The zero-order valence-corrected chi connectivity index (χ0v) is 56.1. The highest BCUT2D eigenvalue weighted by molar-refractivity contribution is 7.47. The average molecular weight is 1170 g/mol. The molecule has 0 aliphatic heterocycles. The summed E-state index contributed by atoms with van der Waals surface area (Å²) in [6, 6.07) is -0.762. The minimum atomic E-state index is -4.33. The zero-order valence-electron chi connectivity index (χ0n) is 55.2. The molecule has 0 aromatic rings. The topological polar surface area (TPSA) is 105 Å². The van der Waals surface area contributed by atoms with Crippen LogP contribution in [0.4, 0.5) is 0 Å². The van der Waals surface area contributed by atoms with Crippen molar-refractivity contribution in [2.45, 2.75) is 360 Å². The first-order chi connectivity index (χ1) is 40.0. The molecule has 3 N–H and O–H groups in total. The van der Waals surface area contributed by atoms with Crippen molar-refractivity contribution in [3.05, 3.63) is 60.8 Å². The number of rotatable bonds is 66. The van der Waals surface area contributed by atoms with Crippen LogP contribution in [0.2, 0.25) is 0 Å². The quantitative estimate of drug-likeness (QED) is 0.0243. The van der Waals surface area contributed by atoms with Crippen molar-refractivity contribution in [2.75, 3.05) is 40.9 Å². The van der Waals surface area contributed by atoms with Crippen molar-refractivity contribution in [1.29, 1.82) is 0 Å². The van der Waals surface area contributed by atoms with Gasteiger partial charge in [0.05, 0.1) is 39.9 Å². The maximum atomic E-state index is 13.1. The monoisotopic (exact) mass is 1170 g/mol. The molecule has 9 heteroatoms. The van der Waals surface area contributed by atoms with Gasteiger partial charge in [-0.05, 0) is 57.8 Å². The fourth-order valence-electron chi connectivity index (χ4n) is 10.8. The average Bonchev–Trinajstić information content (AvgIpc) is 3.47. The van der Waals surface area contributed by atoms with E-state index in [0.717, 1.165) is 70.6 Å². The van der Waals surface area contributed by atoms with Gasteiger partial charge in [0.1, 0.15) is 13.2 Å². The van der Waals surface area contributed by atoms with Gasteiger partial charge in [-0.15, -0.1) is 0 Å². The van der Waals surface area contributed by atoms with Gasteiger partial charge in [-0.3, -0.25) is 13.8 Å². The van der Waals surface area contributed by atoms with Crippen molar-refractivity contribution < 1.29 is 32.9 Å². The number of unbranched alkanes of at least 4 members (excludes halogenated alkanes) is 43. The molecule has 0 aliphatic carbocycles. The number of phosphoric ester groups is 1. The summed E-state index contributed by atoms with van der Waals surface area (Å²) in [5.74, 6) is -0.138. The predicted octanol–water partition coefficient (Wildman–Crippen LogP) is 22.8. The van der Waals surface area contributed by atoms with Crippen molar-refractivity contribution in [3.8, 4) is 0 Å². The molecule has 0 fully saturated rings. The second kappa shape index (κ2) is 63.7. The molecule has 0 aromatic heterocycles. The first kappa shape index (κ1) is 80.2. The molecule has 482 valence electrons. The molecular formula is C73H140N2O6P+. The summed E-state index contributed by atoms with van der Waals surface area (Å²) in [7, 11) is 1.63. The van der Waals surface area contributed by atoms with Gasteiger partial charge in [0, 0.05) is 6.42 Å².